The molecule has 0 aromatic carbocycles. The predicted molar refractivity (Wildman–Crippen MR) is 62.6 cm³/mol. The second-order valence-electron chi connectivity index (χ2n) is 4.27. The summed E-state index contributed by atoms with van der Waals surface area (Å²) in [7, 11) is 0. The van der Waals surface area contributed by atoms with Crippen molar-refractivity contribution in [2.75, 3.05) is 6.54 Å². The highest BCUT2D eigenvalue weighted by Gasteiger charge is 2.31. The van der Waals surface area contributed by atoms with Crippen LogP contribution >= 0.6 is 0 Å². The third-order valence-electron chi connectivity index (χ3n) is 2.93. The Bertz CT molecular complexity index is 447. The number of carboxylic acid groups (broad SMARTS) is 1. The van der Waals surface area contributed by atoms with Gasteiger partial charge < -0.3 is 10.4 Å². The summed E-state index contributed by atoms with van der Waals surface area (Å²) in [5.41, 5.74) is -0.816. The number of hydrogen-bond donors (Lipinski definition) is 2. The molecule has 98 valence electrons. The average Bonchev–Trinajstić information content (AvgIpc) is 2.36. The number of aliphatic carboxylic acids is 1. The summed E-state index contributed by atoms with van der Waals surface area (Å²) in [6, 6.07) is 2.37. The van der Waals surface area contributed by atoms with E-state index < -0.39 is 23.2 Å². The van der Waals surface area contributed by atoms with Crippen LogP contribution in [0.15, 0.2) is 18.3 Å². The summed E-state index contributed by atoms with van der Waals surface area (Å²) in [6.45, 7) is 3.30. The maximum atomic E-state index is 12.6. The van der Waals surface area contributed by atoms with E-state index >= 15 is 0 Å². The van der Waals surface area contributed by atoms with Crippen LogP contribution in [0.5, 0.6) is 0 Å². The van der Waals surface area contributed by atoms with Crippen molar-refractivity contribution in [2.45, 2.75) is 20.3 Å². The first-order chi connectivity index (χ1) is 8.39. The van der Waals surface area contributed by atoms with Crippen molar-refractivity contribution < 1.29 is 19.1 Å². The van der Waals surface area contributed by atoms with Crippen molar-refractivity contribution in [1.82, 2.24) is 10.3 Å². The molecule has 0 saturated heterocycles. The number of nitrogens with zero attached hydrogens (tertiary/aromatic N) is 1. The molecule has 1 unspecified atom stereocenters. The minimum Gasteiger partial charge on any atom is -0.481 e. The molecule has 1 atom stereocenters. The van der Waals surface area contributed by atoms with Crippen LogP contribution in [-0.4, -0.2) is 28.5 Å². The number of pyridine rings is 1. The lowest BCUT2D eigenvalue weighted by Crippen LogP contribution is -2.40. The molecule has 2 N–H and O–H groups in total. The molecule has 1 amide bonds. The molecule has 0 aliphatic rings. The molecule has 0 fully saturated rings. The Hall–Kier alpha value is -1.98. The summed E-state index contributed by atoms with van der Waals surface area (Å²) in [4.78, 5) is 26.1. The fraction of sp³-hybridized carbons (Fsp3) is 0.417. The molecule has 1 rings (SSSR count). The van der Waals surface area contributed by atoms with Crippen molar-refractivity contribution in [3.63, 3.8) is 0 Å². The fourth-order valence-electron chi connectivity index (χ4n) is 1.24. The predicted octanol–water partition coefficient (Wildman–Crippen LogP) is 1.45. The Kier molecular flexibility index (Phi) is 4.36. The smallest absolute Gasteiger partial charge is 0.311 e. The highest BCUT2D eigenvalue weighted by molar-refractivity contribution is 5.94. The Morgan fingerprint density at radius 1 is 1.50 bits per heavy atom. The quantitative estimate of drug-likeness (QED) is 0.779. The number of carboxylic acids is 1. The van der Waals surface area contributed by atoms with Gasteiger partial charge in [0, 0.05) is 12.7 Å². The van der Waals surface area contributed by atoms with E-state index in [1.807, 2.05) is 0 Å². The number of nitrogens with one attached hydrogen (secondary N) is 1. The highest BCUT2D eigenvalue weighted by atomic mass is 19.1. The van der Waals surface area contributed by atoms with E-state index in [-0.39, 0.29) is 12.1 Å². The van der Waals surface area contributed by atoms with Crippen molar-refractivity contribution >= 4 is 11.9 Å². The number of carbonyl (C=O) groups excluding carboxylic acids is 1. The summed E-state index contributed by atoms with van der Waals surface area (Å²) >= 11 is 0. The lowest BCUT2D eigenvalue weighted by Gasteiger charge is -2.23. The second kappa shape index (κ2) is 5.57. The van der Waals surface area contributed by atoms with Crippen molar-refractivity contribution in [3.05, 3.63) is 29.8 Å². The Morgan fingerprint density at radius 2 is 2.17 bits per heavy atom. The number of hydrogen-bond acceptors (Lipinski definition) is 3. The first kappa shape index (κ1) is 14.1. The molecule has 0 bridgehead atoms. The zero-order valence-corrected chi connectivity index (χ0v) is 10.2. The monoisotopic (exact) mass is 254 g/mol. The second-order valence-corrected chi connectivity index (χ2v) is 4.27. The summed E-state index contributed by atoms with van der Waals surface area (Å²) in [5, 5.41) is 11.5. The van der Waals surface area contributed by atoms with Gasteiger partial charge in [0.1, 0.15) is 0 Å². The largest absolute Gasteiger partial charge is 0.481 e. The maximum absolute atomic E-state index is 12.6. The van der Waals surface area contributed by atoms with Gasteiger partial charge in [-0.3, -0.25) is 9.59 Å². The van der Waals surface area contributed by atoms with Crippen LogP contribution in [0.4, 0.5) is 4.39 Å². The Labute approximate surface area is 104 Å². The van der Waals surface area contributed by atoms with Gasteiger partial charge in [0.25, 0.3) is 5.91 Å². The van der Waals surface area contributed by atoms with Crippen LogP contribution in [0.2, 0.25) is 0 Å². The first-order valence-electron chi connectivity index (χ1n) is 5.52. The Balaban J connectivity index is 2.66. The number of amides is 1. The molecule has 0 spiro atoms. The van der Waals surface area contributed by atoms with Crippen LogP contribution in [0.3, 0.4) is 0 Å². The van der Waals surface area contributed by atoms with Crippen LogP contribution in [0.1, 0.15) is 30.6 Å². The molecule has 0 aliphatic heterocycles. The van der Waals surface area contributed by atoms with E-state index in [2.05, 4.69) is 10.3 Å². The van der Waals surface area contributed by atoms with Gasteiger partial charge >= 0.3 is 5.97 Å². The zero-order valence-electron chi connectivity index (χ0n) is 10.2. The summed E-state index contributed by atoms with van der Waals surface area (Å²) < 4.78 is 12.6. The minimum atomic E-state index is -1.01. The minimum absolute atomic E-state index is 0.00897. The molecular weight excluding hydrogens is 239 g/mol. The fourth-order valence-corrected chi connectivity index (χ4v) is 1.24. The Morgan fingerprint density at radius 3 is 2.61 bits per heavy atom. The summed E-state index contributed by atoms with van der Waals surface area (Å²) in [5.74, 6) is -2.11. The van der Waals surface area contributed by atoms with Gasteiger partial charge in [0.05, 0.1) is 11.0 Å². The van der Waals surface area contributed by atoms with E-state index in [1.165, 1.54) is 6.07 Å². The van der Waals surface area contributed by atoms with E-state index in [0.717, 1.165) is 12.3 Å². The molecule has 6 heteroatoms. The molecule has 18 heavy (non-hydrogen) atoms. The third-order valence-corrected chi connectivity index (χ3v) is 2.93. The van der Waals surface area contributed by atoms with E-state index in [0.29, 0.717) is 6.42 Å². The van der Waals surface area contributed by atoms with Gasteiger partial charge in [-0.1, -0.05) is 6.92 Å². The van der Waals surface area contributed by atoms with Crippen LogP contribution in [0.25, 0.3) is 0 Å². The van der Waals surface area contributed by atoms with Gasteiger partial charge in [0.15, 0.2) is 0 Å². The van der Waals surface area contributed by atoms with Gasteiger partial charge in [-0.2, -0.15) is 4.39 Å². The van der Waals surface area contributed by atoms with E-state index in [4.69, 9.17) is 5.11 Å². The molecule has 1 aromatic heterocycles. The number of rotatable bonds is 5. The molecule has 1 heterocycles. The molecule has 1 aromatic rings. The van der Waals surface area contributed by atoms with Crippen LogP contribution in [-0.2, 0) is 4.79 Å². The van der Waals surface area contributed by atoms with E-state index in [1.54, 1.807) is 13.8 Å². The molecule has 0 saturated carbocycles. The number of aromatic nitrogens is 1. The molecule has 0 aliphatic carbocycles. The average molecular weight is 254 g/mol. The molecule has 0 radical (unpaired) electrons. The maximum Gasteiger partial charge on any atom is 0.311 e. The van der Waals surface area contributed by atoms with E-state index in [9.17, 15) is 14.0 Å². The van der Waals surface area contributed by atoms with Crippen LogP contribution in [0, 0.1) is 11.4 Å². The highest BCUT2D eigenvalue weighted by Crippen LogP contribution is 2.20. The molecular formula is C12H15FN2O3. The first-order valence-corrected chi connectivity index (χ1v) is 5.52. The van der Waals surface area contributed by atoms with Gasteiger partial charge in [-0.15, -0.1) is 0 Å². The lowest BCUT2D eigenvalue weighted by molar-refractivity contribution is -0.147. The zero-order chi connectivity index (χ0) is 13.8. The summed E-state index contributed by atoms with van der Waals surface area (Å²) in [6.07, 6.45) is 1.50. The normalized spacial score (nSPS) is 13.7. The SMILES string of the molecule is CCC(C)(CNC(=O)c1ccc(F)nc1)C(=O)O. The number of carbonyl (C=O) groups is 2. The van der Waals surface area contributed by atoms with Crippen molar-refractivity contribution in [3.8, 4) is 0 Å². The number of halogens is 1. The van der Waals surface area contributed by atoms with Crippen molar-refractivity contribution in [1.29, 1.82) is 0 Å². The topological polar surface area (TPSA) is 79.3 Å². The molecule has 5 nitrogen and oxygen atoms in total. The van der Waals surface area contributed by atoms with Gasteiger partial charge in [-0.25, -0.2) is 4.98 Å². The van der Waals surface area contributed by atoms with Gasteiger partial charge in [0.2, 0.25) is 5.95 Å². The third kappa shape index (κ3) is 3.26. The van der Waals surface area contributed by atoms with Crippen molar-refractivity contribution in [2.24, 2.45) is 5.41 Å². The standard InChI is InChI=1S/C12H15FN2O3/c1-3-12(2,11(17)18)7-15-10(16)8-4-5-9(13)14-6-8/h4-6H,3,7H2,1-2H3,(H,15,16)(H,17,18). The lowest BCUT2D eigenvalue weighted by atomic mass is 9.87. The van der Waals surface area contributed by atoms with Crippen LogP contribution < -0.4 is 5.32 Å². The van der Waals surface area contributed by atoms with Gasteiger partial charge in [-0.05, 0) is 25.5 Å².